The summed E-state index contributed by atoms with van der Waals surface area (Å²) in [5.74, 6) is 2.61. The zero-order valence-corrected chi connectivity index (χ0v) is 18.2. The lowest BCUT2D eigenvalue weighted by Gasteiger charge is -2.36. The highest BCUT2D eigenvalue weighted by molar-refractivity contribution is 5.79. The molecule has 29 heavy (non-hydrogen) atoms. The first-order valence-electron chi connectivity index (χ1n) is 10.7. The fourth-order valence-electron chi connectivity index (χ4n) is 3.84. The Bertz CT molecular complexity index is 702. The second-order valence-corrected chi connectivity index (χ2v) is 7.68. The lowest BCUT2D eigenvalue weighted by atomic mass is 9.94. The number of fused-ring (bicyclic) bond motifs is 1. The highest BCUT2D eigenvalue weighted by Crippen LogP contribution is 2.35. The van der Waals surface area contributed by atoms with Crippen LogP contribution in [0, 0.1) is 0 Å². The largest absolute Gasteiger partial charge is 0.494 e. The summed E-state index contributed by atoms with van der Waals surface area (Å²) in [5.41, 5.74) is 2.03. The number of methoxy groups -OCH3 is 1. The number of rotatable bonds is 8. The van der Waals surface area contributed by atoms with Crippen LogP contribution < -0.4 is 20.1 Å². The monoisotopic (exact) mass is 405 g/mol. The van der Waals surface area contributed by atoms with E-state index in [1.807, 2.05) is 6.92 Å². The third-order valence-corrected chi connectivity index (χ3v) is 5.55. The molecule has 1 aromatic carbocycles. The Morgan fingerprint density at radius 2 is 2.03 bits per heavy atom. The van der Waals surface area contributed by atoms with Crippen LogP contribution >= 0.6 is 0 Å². The maximum atomic E-state index is 5.93. The van der Waals surface area contributed by atoms with Crippen LogP contribution in [0.2, 0.25) is 0 Å². The molecule has 0 aliphatic carbocycles. The van der Waals surface area contributed by atoms with E-state index in [4.69, 9.17) is 23.9 Å². The van der Waals surface area contributed by atoms with Crippen LogP contribution in [-0.2, 0) is 22.4 Å². The van der Waals surface area contributed by atoms with E-state index in [0.717, 1.165) is 62.0 Å². The van der Waals surface area contributed by atoms with E-state index in [1.165, 1.54) is 5.56 Å². The summed E-state index contributed by atoms with van der Waals surface area (Å²) in [7, 11) is 1.77. The Morgan fingerprint density at radius 3 is 2.72 bits per heavy atom. The number of ether oxygens (including phenoxy) is 4. The average molecular weight is 406 g/mol. The predicted octanol–water partition coefficient (Wildman–Crippen LogP) is 2.66. The van der Waals surface area contributed by atoms with Crippen LogP contribution in [0.25, 0.3) is 0 Å². The summed E-state index contributed by atoms with van der Waals surface area (Å²) in [6, 6.07) is 4.18. The fraction of sp³-hybridized carbons (Fsp3) is 0.682. The number of hydrogen-bond acceptors (Lipinski definition) is 5. The molecular formula is C22H35N3O4. The van der Waals surface area contributed by atoms with Crippen LogP contribution in [0.1, 0.15) is 44.7 Å². The maximum Gasteiger partial charge on any atom is 0.191 e. The maximum absolute atomic E-state index is 5.93. The quantitative estimate of drug-likeness (QED) is 0.512. The smallest absolute Gasteiger partial charge is 0.191 e. The van der Waals surface area contributed by atoms with Gasteiger partial charge in [0.05, 0.1) is 18.8 Å². The van der Waals surface area contributed by atoms with Crippen molar-refractivity contribution in [1.82, 2.24) is 10.6 Å². The molecule has 3 rings (SSSR count). The molecule has 0 saturated carbocycles. The van der Waals surface area contributed by atoms with E-state index in [-0.39, 0.29) is 11.7 Å². The van der Waals surface area contributed by atoms with Gasteiger partial charge < -0.3 is 29.6 Å². The van der Waals surface area contributed by atoms with Gasteiger partial charge in [0.1, 0.15) is 17.6 Å². The number of benzene rings is 1. The van der Waals surface area contributed by atoms with E-state index in [1.54, 1.807) is 7.11 Å². The summed E-state index contributed by atoms with van der Waals surface area (Å²) in [5, 5.41) is 6.77. The molecule has 2 heterocycles. The van der Waals surface area contributed by atoms with Crippen LogP contribution in [0.3, 0.4) is 0 Å². The van der Waals surface area contributed by atoms with Crippen molar-refractivity contribution in [3.8, 4) is 11.5 Å². The van der Waals surface area contributed by atoms with E-state index in [0.29, 0.717) is 19.7 Å². The Morgan fingerprint density at radius 1 is 1.24 bits per heavy atom. The molecule has 1 atom stereocenters. The molecule has 2 N–H and O–H groups in total. The molecular weight excluding hydrogens is 370 g/mol. The van der Waals surface area contributed by atoms with E-state index in [9.17, 15) is 0 Å². The second kappa shape index (κ2) is 10.2. The summed E-state index contributed by atoms with van der Waals surface area (Å²) in [4.78, 5) is 4.79. The molecule has 0 amide bonds. The molecule has 0 bridgehead atoms. The van der Waals surface area contributed by atoms with Gasteiger partial charge >= 0.3 is 0 Å². The van der Waals surface area contributed by atoms with Gasteiger partial charge in [0, 0.05) is 63.8 Å². The normalized spacial score (nSPS) is 20.7. The number of nitrogens with one attached hydrogen (secondary N) is 2. The Hall–Kier alpha value is -1.99. The SMILES string of the molecule is CCNC(=NCc1cc2c(cc1OCC)CC(C)O2)NCC1(OC)CCOCC1. The highest BCUT2D eigenvalue weighted by Gasteiger charge is 2.32. The first-order chi connectivity index (χ1) is 14.1. The molecule has 2 aliphatic heterocycles. The van der Waals surface area contributed by atoms with Crippen LogP contribution in [-0.4, -0.2) is 57.7 Å². The average Bonchev–Trinajstić information content (AvgIpc) is 3.09. The van der Waals surface area contributed by atoms with E-state index in [2.05, 4.69) is 36.6 Å². The Labute approximate surface area is 174 Å². The zero-order valence-electron chi connectivity index (χ0n) is 18.2. The Balaban J connectivity index is 1.72. The number of hydrogen-bond donors (Lipinski definition) is 2. The predicted molar refractivity (Wildman–Crippen MR) is 114 cm³/mol. The van der Waals surface area contributed by atoms with E-state index < -0.39 is 0 Å². The van der Waals surface area contributed by atoms with Crippen LogP contribution in [0.5, 0.6) is 11.5 Å². The summed E-state index contributed by atoms with van der Waals surface area (Å²) < 4.78 is 23.1. The van der Waals surface area contributed by atoms with Crippen molar-refractivity contribution in [2.75, 3.05) is 40.0 Å². The van der Waals surface area contributed by atoms with Gasteiger partial charge in [-0.15, -0.1) is 0 Å². The van der Waals surface area contributed by atoms with Gasteiger partial charge in [-0.25, -0.2) is 4.99 Å². The zero-order chi connectivity index (χ0) is 20.7. The molecule has 1 fully saturated rings. The molecule has 1 unspecified atom stereocenters. The molecule has 7 heteroatoms. The van der Waals surface area contributed by atoms with Crippen molar-refractivity contribution in [3.05, 3.63) is 23.3 Å². The van der Waals surface area contributed by atoms with Crippen molar-refractivity contribution < 1.29 is 18.9 Å². The van der Waals surface area contributed by atoms with Gasteiger partial charge in [-0.1, -0.05) is 0 Å². The first kappa shape index (κ1) is 21.7. The molecule has 162 valence electrons. The van der Waals surface area contributed by atoms with Gasteiger partial charge in [-0.2, -0.15) is 0 Å². The van der Waals surface area contributed by atoms with Crippen molar-refractivity contribution in [3.63, 3.8) is 0 Å². The molecule has 0 radical (unpaired) electrons. The number of aliphatic imine (C=N–C) groups is 1. The lowest BCUT2D eigenvalue weighted by Crippen LogP contribution is -2.50. The Kier molecular flexibility index (Phi) is 7.61. The third-order valence-electron chi connectivity index (χ3n) is 5.55. The minimum Gasteiger partial charge on any atom is -0.494 e. The molecule has 1 aromatic rings. The summed E-state index contributed by atoms with van der Waals surface area (Å²) in [6.45, 7) is 10.2. The first-order valence-corrected chi connectivity index (χ1v) is 10.7. The van der Waals surface area contributed by atoms with Crippen LogP contribution in [0.15, 0.2) is 17.1 Å². The molecule has 2 aliphatic rings. The van der Waals surface area contributed by atoms with Gasteiger partial charge in [0.2, 0.25) is 0 Å². The molecule has 0 aromatic heterocycles. The topological polar surface area (TPSA) is 73.3 Å². The van der Waals surface area contributed by atoms with Gasteiger partial charge in [0.25, 0.3) is 0 Å². The summed E-state index contributed by atoms with van der Waals surface area (Å²) >= 11 is 0. The number of guanidine groups is 1. The highest BCUT2D eigenvalue weighted by atomic mass is 16.5. The minimum atomic E-state index is -0.206. The van der Waals surface area contributed by atoms with Crippen molar-refractivity contribution in [1.29, 1.82) is 0 Å². The minimum absolute atomic E-state index is 0.206. The van der Waals surface area contributed by atoms with Crippen molar-refractivity contribution in [2.24, 2.45) is 4.99 Å². The van der Waals surface area contributed by atoms with Gasteiger partial charge in [-0.05, 0) is 32.9 Å². The van der Waals surface area contributed by atoms with Crippen molar-refractivity contribution >= 4 is 5.96 Å². The second-order valence-electron chi connectivity index (χ2n) is 7.68. The molecule has 7 nitrogen and oxygen atoms in total. The van der Waals surface area contributed by atoms with Gasteiger partial charge in [-0.3, -0.25) is 0 Å². The lowest BCUT2D eigenvalue weighted by molar-refractivity contribution is -0.0855. The standard InChI is InChI=1S/C22H35N3O4/c1-5-23-21(25-15-22(26-4)7-9-27-10-8-22)24-14-18-13-20-17(11-16(3)29-20)12-19(18)28-6-2/h12-13,16H,5-11,14-15H2,1-4H3,(H2,23,24,25). The van der Waals surface area contributed by atoms with Gasteiger partial charge in [0.15, 0.2) is 5.96 Å². The van der Waals surface area contributed by atoms with E-state index >= 15 is 0 Å². The summed E-state index contributed by atoms with van der Waals surface area (Å²) in [6.07, 6.45) is 2.89. The molecule has 1 saturated heterocycles. The third kappa shape index (κ3) is 5.54. The van der Waals surface area contributed by atoms with Crippen LogP contribution in [0.4, 0.5) is 0 Å². The van der Waals surface area contributed by atoms with Crippen molar-refractivity contribution in [2.45, 2.75) is 58.3 Å². The molecule has 0 spiro atoms. The fourth-order valence-corrected chi connectivity index (χ4v) is 3.84. The number of nitrogens with zero attached hydrogens (tertiary/aromatic N) is 1.